The lowest BCUT2D eigenvalue weighted by molar-refractivity contribution is -0.137. The molecule has 0 aliphatic carbocycles. The Hall–Kier alpha value is -1.41. The number of hydrogen-bond donors (Lipinski definition) is 2. The van der Waals surface area contributed by atoms with Crippen molar-refractivity contribution in [3.8, 4) is 0 Å². The summed E-state index contributed by atoms with van der Waals surface area (Å²) in [5, 5.41) is 14.7. The van der Waals surface area contributed by atoms with Gasteiger partial charge in [-0.15, -0.1) is 0 Å². The Labute approximate surface area is 99.5 Å². The van der Waals surface area contributed by atoms with E-state index in [1.807, 2.05) is 0 Å². The predicted molar refractivity (Wildman–Crippen MR) is 60.7 cm³/mol. The van der Waals surface area contributed by atoms with Gasteiger partial charge in [0.25, 0.3) is 0 Å². The number of H-pyrrole nitrogens is 1. The van der Waals surface area contributed by atoms with Crippen LogP contribution < -0.4 is 0 Å². The molecule has 0 atom stereocenters. The van der Waals surface area contributed by atoms with Crippen LogP contribution in [0.4, 0.5) is 0 Å². The maximum atomic E-state index is 11.7. The number of hydrogen-bond acceptors (Lipinski definition) is 4. The van der Waals surface area contributed by atoms with Crippen molar-refractivity contribution in [1.29, 1.82) is 0 Å². The monoisotopic (exact) mass is 261 g/mol. The van der Waals surface area contributed by atoms with Crippen molar-refractivity contribution < 1.29 is 18.3 Å². The molecule has 7 nitrogen and oxygen atoms in total. The summed E-state index contributed by atoms with van der Waals surface area (Å²) in [6.45, 7) is 0.228. The first-order valence-corrected chi connectivity index (χ1v) is 6.66. The van der Waals surface area contributed by atoms with E-state index in [2.05, 4.69) is 10.2 Å². The van der Waals surface area contributed by atoms with Gasteiger partial charge in [-0.2, -0.15) is 5.10 Å². The van der Waals surface area contributed by atoms with Gasteiger partial charge < -0.3 is 5.11 Å². The maximum absolute atomic E-state index is 11.7. The molecule has 1 aromatic heterocycles. The highest BCUT2D eigenvalue weighted by atomic mass is 32.2. The van der Waals surface area contributed by atoms with E-state index in [1.54, 1.807) is 12.4 Å². The van der Waals surface area contributed by atoms with Crippen molar-refractivity contribution in [2.24, 2.45) is 0 Å². The molecule has 0 unspecified atom stereocenters. The van der Waals surface area contributed by atoms with Crippen LogP contribution in [0.1, 0.15) is 18.4 Å². The minimum Gasteiger partial charge on any atom is -0.481 e. The molecule has 0 radical (unpaired) electrons. The molecular weight excluding hydrogens is 246 g/mol. The van der Waals surface area contributed by atoms with Crippen LogP contribution in [-0.2, 0) is 21.4 Å². The lowest BCUT2D eigenvalue weighted by Gasteiger charge is -2.15. The summed E-state index contributed by atoms with van der Waals surface area (Å²) in [4.78, 5) is 10.3. The summed E-state index contributed by atoms with van der Waals surface area (Å²) in [7, 11) is -1.94. The van der Waals surface area contributed by atoms with Crippen molar-refractivity contribution in [2.75, 3.05) is 12.8 Å². The molecule has 0 fully saturated rings. The second kappa shape index (κ2) is 5.78. The van der Waals surface area contributed by atoms with Crippen LogP contribution in [0.3, 0.4) is 0 Å². The summed E-state index contributed by atoms with van der Waals surface area (Å²) in [5.74, 6) is -1.15. The molecule has 17 heavy (non-hydrogen) atoms. The summed E-state index contributed by atoms with van der Waals surface area (Å²) in [6, 6.07) is 0. The molecule has 0 amide bonds. The fraction of sp³-hybridized carbons (Fsp3) is 0.556. The van der Waals surface area contributed by atoms with E-state index in [4.69, 9.17) is 5.11 Å². The zero-order chi connectivity index (χ0) is 12.9. The number of aliphatic carboxylic acids is 1. The van der Waals surface area contributed by atoms with Crippen LogP contribution >= 0.6 is 0 Å². The van der Waals surface area contributed by atoms with Gasteiger partial charge in [0.15, 0.2) is 0 Å². The van der Waals surface area contributed by atoms with Crippen molar-refractivity contribution in [1.82, 2.24) is 14.5 Å². The summed E-state index contributed by atoms with van der Waals surface area (Å²) in [5.41, 5.74) is 0.759. The molecule has 0 spiro atoms. The number of aromatic amines is 1. The van der Waals surface area contributed by atoms with E-state index in [0.29, 0.717) is 0 Å². The van der Waals surface area contributed by atoms with Gasteiger partial charge in [0, 0.05) is 31.8 Å². The normalized spacial score (nSPS) is 11.9. The van der Waals surface area contributed by atoms with Gasteiger partial charge in [-0.1, -0.05) is 0 Å². The average Bonchev–Trinajstić information content (AvgIpc) is 2.69. The maximum Gasteiger partial charge on any atom is 0.303 e. The number of nitrogens with one attached hydrogen (secondary N) is 1. The molecule has 1 heterocycles. The Morgan fingerprint density at radius 3 is 2.82 bits per heavy atom. The molecule has 0 aromatic carbocycles. The standard InChI is InChI=1S/C9H15N3O4S/c1-12(7-8-5-10-11-6-8)17(15,16)4-2-3-9(13)14/h5-6H,2-4,7H2,1H3,(H,10,11)(H,13,14). The highest BCUT2D eigenvalue weighted by Gasteiger charge is 2.18. The third-order valence-electron chi connectivity index (χ3n) is 2.23. The second-order valence-electron chi connectivity index (χ2n) is 3.68. The van der Waals surface area contributed by atoms with E-state index in [1.165, 1.54) is 11.4 Å². The minimum absolute atomic E-state index is 0.118. The van der Waals surface area contributed by atoms with E-state index in [-0.39, 0.29) is 25.1 Å². The van der Waals surface area contributed by atoms with Gasteiger partial charge in [0.1, 0.15) is 0 Å². The number of nitrogens with zero attached hydrogens (tertiary/aromatic N) is 2. The van der Waals surface area contributed by atoms with Gasteiger partial charge in [-0.25, -0.2) is 12.7 Å². The number of rotatable bonds is 7. The van der Waals surface area contributed by atoms with Gasteiger partial charge in [-0.05, 0) is 6.42 Å². The first kappa shape index (κ1) is 13.7. The van der Waals surface area contributed by atoms with E-state index in [9.17, 15) is 13.2 Å². The minimum atomic E-state index is -3.40. The molecule has 1 rings (SSSR count). The molecule has 2 N–H and O–H groups in total. The van der Waals surface area contributed by atoms with Crippen LogP contribution in [0.5, 0.6) is 0 Å². The van der Waals surface area contributed by atoms with Gasteiger partial charge >= 0.3 is 5.97 Å². The average molecular weight is 261 g/mol. The zero-order valence-electron chi connectivity index (χ0n) is 9.46. The Morgan fingerprint density at radius 1 is 1.59 bits per heavy atom. The largest absolute Gasteiger partial charge is 0.481 e. The summed E-state index contributed by atoms with van der Waals surface area (Å²) in [6.07, 6.45) is 3.14. The van der Waals surface area contributed by atoms with E-state index in [0.717, 1.165) is 5.56 Å². The third-order valence-corrected chi connectivity index (χ3v) is 4.11. The van der Waals surface area contributed by atoms with Gasteiger partial charge in [-0.3, -0.25) is 9.89 Å². The highest BCUT2D eigenvalue weighted by molar-refractivity contribution is 7.89. The third kappa shape index (κ3) is 4.53. The van der Waals surface area contributed by atoms with Crippen LogP contribution in [0, 0.1) is 0 Å². The van der Waals surface area contributed by atoms with Crippen molar-refractivity contribution >= 4 is 16.0 Å². The highest BCUT2D eigenvalue weighted by Crippen LogP contribution is 2.07. The molecular formula is C9H15N3O4S. The number of carboxylic acid groups (broad SMARTS) is 1. The number of carbonyl (C=O) groups is 1. The molecule has 0 aliphatic heterocycles. The lowest BCUT2D eigenvalue weighted by Crippen LogP contribution is -2.28. The Kier molecular flexibility index (Phi) is 4.64. The molecule has 96 valence electrons. The number of aromatic nitrogens is 2. The molecule has 8 heteroatoms. The number of sulfonamides is 1. The molecule has 0 saturated heterocycles. The van der Waals surface area contributed by atoms with Crippen molar-refractivity contribution in [3.05, 3.63) is 18.0 Å². The molecule has 1 aromatic rings. The fourth-order valence-corrected chi connectivity index (χ4v) is 2.45. The summed E-state index contributed by atoms with van der Waals surface area (Å²) >= 11 is 0. The van der Waals surface area contributed by atoms with Crippen LogP contribution in [-0.4, -0.2) is 46.8 Å². The van der Waals surface area contributed by atoms with Crippen molar-refractivity contribution in [3.63, 3.8) is 0 Å². The Balaban J connectivity index is 2.49. The van der Waals surface area contributed by atoms with Gasteiger partial charge in [0.2, 0.25) is 10.0 Å². The molecule has 0 bridgehead atoms. The first-order chi connectivity index (χ1) is 7.92. The SMILES string of the molecule is CN(Cc1cn[nH]c1)S(=O)(=O)CCCC(=O)O. The topological polar surface area (TPSA) is 103 Å². The zero-order valence-corrected chi connectivity index (χ0v) is 10.3. The molecule has 0 aliphatic rings. The Bertz CT molecular complexity index is 455. The second-order valence-corrected chi connectivity index (χ2v) is 5.87. The van der Waals surface area contributed by atoms with Crippen LogP contribution in [0.15, 0.2) is 12.4 Å². The first-order valence-electron chi connectivity index (χ1n) is 5.05. The predicted octanol–water partition coefficient (Wildman–Crippen LogP) is 0.0361. The smallest absolute Gasteiger partial charge is 0.303 e. The van der Waals surface area contributed by atoms with Gasteiger partial charge in [0.05, 0.1) is 11.9 Å². The number of carboxylic acids is 1. The Morgan fingerprint density at radius 2 is 2.29 bits per heavy atom. The van der Waals surface area contributed by atoms with Crippen LogP contribution in [0.25, 0.3) is 0 Å². The van der Waals surface area contributed by atoms with E-state index >= 15 is 0 Å². The van der Waals surface area contributed by atoms with Crippen LogP contribution in [0.2, 0.25) is 0 Å². The summed E-state index contributed by atoms with van der Waals surface area (Å²) < 4.78 is 24.7. The molecule has 0 saturated carbocycles. The van der Waals surface area contributed by atoms with E-state index < -0.39 is 16.0 Å². The van der Waals surface area contributed by atoms with Crippen molar-refractivity contribution in [2.45, 2.75) is 19.4 Å². The fourth-order valence-electron chi connectivity index (χ4n) is 1.28. The quantitative estimate of drug-likeness (QED) is 0.721. The lowest BCUT2D eigenvalue weighted by atomic mass is 10.3.